The van der Waals surface area contributed by atoms with Crippen LogP contribution in [0.5, 0.6) is 0 Å². The molecule has 0 aromatic heterocycles. The predicted molar refractivity (Wildman–Crippen MR) is 74.0 cm³/mol. The maximum atomic E-state index is 10.5. The van der Waals surface area contributed by atoms with Crippen molar-refractivity contribution in [1.29, 1.82) is 0 Å². The molecule has 0 aromatic rings. The highest BCUT2D eigenvalue weighted by molar-refractivity contribution is 8.04. The van der Waals surface area contributed by atoms with E-state index in [2.05, 4.69) is 15.4 Å². The second-order valence-electron chi connectivity index (χ2n) is 3.92. The van der Waals surface area contributed by atoms with Crippen molar-refractivity contribution in [2.24, 2.45) is 10.1 Å². The van der Waals surface area contributed by atoms with Crippen LogP contribution >= 0.6 is 35.0 Å². The standard InChI is InChI=1S/C8H11Cl2N5O3S/c1-5-12-7(13-15(16)17)14(4-18-5)3-8(10)2-11-6(9)19-8/h2,5-6H,3-4H2,1H3,(H,12,13). The molecular weight excluding hydrogens is 317 g/mol. The average molecular weight is 328 g/mol. The lowest BCUT2D eigenvalue weighted by atomic mass is 10.4. The normalized spacial score (nSPS) is 36.6. The molecular formula is C8H11Cl2N5O3S. The molecule has 19 heavy (non-hydrogen) atoms. The number of hydrogen-bond acceptors (Lipinski definition) is 5. The number of aliphatic imine (C=N–C) groups is 1. The van der Waals surface area contributed by atoms with Crippen LogP contribution in [0, 0.1) is 10.1 Å². The van der Waals surface area contributed by atoms with Crippen LogP contribution in [0.25, 0.3) is 0 Å². The number of nitrogens with one attached hydrogen (secondary N) is 1. The molecule has 1 saturated heterocycles. The van der Waals surface area contributed by atoms with Crippen LogP contribution in [0.2, 0.25) is 0 Å². The van der Waals surface area contributed by atoms with E-state index < -0.39 is 14.1 Å². The fourth-order valence-electron chi connectivity index (χ4n) is 1.60. The molecule has 0 spiro atoms. The van der Waals surface area contributed by atoms with Crippen LogP contribution in [-0.2, 0) is 4.74 Å². The van der Waals surface area contributed by atoms with E-state index in [1.807, 2.05) is 0 Å². The molecule has 1 N–H and O–H groups in total. The second kappa shape index (κ2) is 5.70. The van der Waals surface area contributed by atoms with E-state index in [0.717, 1.165) is 0 Å². The molecule has 0 radical (unpaired) electrons. The number of alkyl halides is 2. The molecule has 1 fully saturated rings. The Kier molecular flexibility index (Phi) is 4.39. The van der Waals surface area contributed by atoms with Gasteiger partial charge in [0, 0.05) is 6.21 Å². The molecule has 8 nitrogen and oxygen atoms in total. The number of guanidine groups is 1. The van der Waals surface area contributed by atoms with Gasteiger partial charge in [0.15, 0.2) is 9.87 Å². The minimum atomic E-state index is -0.852. The molecule has 2 aliphatic rings. The first-order valence-corrected chi connectivity index (χ1v) is 6.98. The fraction of sp³-hybridized carbons (Fsp3) is 0.750. The maximum absolute atomic E-state index is 10.5. The summed E-state index contributed by atoms with van der Waals surface area (Å²) in [5, 5.41) is 15.8. The van der Waals surface area contributed by atoms with E-state index in [1.54, 1.807) is 6.92 Å². The number of rotatable bonds is 3. The molecule has 2 rings (SSSR count). The summed E-state index contributed by atoms with van der Waals surface area (Å²) in [5.74, 6) is 0.107. The van der Waals surface area contributed by atoms with Gasteiger partial charge in [-0.2, -0.15) is 0 Å². The van der Waals surface area contributed by atoms with Crippen LogP contribution in [0.4, 0.5) is 0 Å². The molecule has 0 aromatic carbocycles. The minimum absolute atomic E-state index is 0.107. The largest absolute Gasteiger partial charge is 0.338 e. The number of thioether (sulfide) groups is 1. The quantitative estimate of drug-likeness (QED) is 0.360. The Balaban J connectivity index is 2.09. The maximum Gasteiger partial charge on any atom is 0.275 e. The van der Waals surface area contributed by atoms with Crippen LogP contribution < -0.4 is 5.32 Å². The van der Waals surface area contributed by atoms with Gasteiger partial charge in [-0.1, -0.05) is 35.0 Å². The summed E-state index contributed by atoms with van der Waals surface area (Å²) in [5.41, 5.74) is 0. The van der Waals surface area contributed by atoms with Gasteiger partial charge < -0.3 is 15.0 Å². The Morgan fingerprint density at radius 3 is 3.21 bits per heavy atom. The van der Waals surface area contributed by atoms with Crippen LogP contribution in [0.15, 0.2) is 10.1 Å². The van der Waals surface area contributed by atoms with Crippen molar-refractivity contribution in [2.45, 2.75) is 22.2 Å². The summed E-state index contributed by atoms with van der Waals surface area (Å²) in [7, 11) is 0. The van der Waals surface area contributed by atoms with E-state index in [9.17, 15) is 10.1 Å². The van der Waals surface area contributed by atoms with Gasteiger partial charge >= 0.3 is 0 Å². The van der Waals surface area contributed by atoms with Gasteiger partial charge in [-0.3, -0.25) is 4.99 Å². The summed E-state index contributed by atoms with van der Waals surface area (Å²) in [6.07, 6.45) is 1.17. The Labute approximate surface area is 123 Å². The Hall–Kier alpha value is -0.770. The first-order chi connectivity index (χ1) is 8.88. The Bertz CT molecular complexity index is 437. The number of nitro groups is 1. The van der Waals surface area contributed by atoms with Crippen LogP contribution in [0.1, 0.15) is 6.92 Å². The predicted octanol–water partition coefficient (Wildman–Crippen LogP) is 1.03. The molecule has 2 heterocycles. The molecule has 11 heteroatoms. The van der Waals surface area contributed by atoms with Crippen molar-refractivity contribution < 1.29 is 9.77 Å². The average Bonchev–Trinajstić information content (AvgIpc) is 2.62. The summed E-state index contributed by atoms with van der Waals surface area (Å²) in [6, 6.07) is 0. The zero-order valence-corrected chi connectivity index (χ0v) is 12.2. The number of halogens is 2. The van der Waals surface area contributed by atoms with E-state index in [-0.39, 0.29) is 25.5 Å². The van der Waals surface area contributed by atoms with Crippen LogP contribution in [0.3, 0.4) is 0 Å². The lowest BCUT2D eigenvalue weighted by molar-refractivity contribution is -0.486. The number of ether oxygens (including phenoxy) is 1. The number of hydrazone groups is 1. The smallest absolute Gasteiger partial charge is 0.275 e. The van der Waals surface area contributed by atoms with Gasteiger partial charge in [0.25, 0.3) is 5.96 Å². The van der Waals surface area contributed by atoms with Gasteiger partial charge in [0.2, 0.25) is 0 Å². The number of hydrogen-bond donors (Lipinski definition) is 1. The highest BCUT2D eigenvalue weighted by atomic mass is 35.5. The fourth-order valence-corrected chi connectivity index (χ4v) is 3.52. The number of nitrogens with zero attached hydrogens (tertiary/aromatic N) is 4. The molecule has 2 aliphatic heterocycles. The van der Waals surface area contributed by atoms with Crippen molar-refractivity contribution in [1.82, 2.24) is 10.2 Å². The van der Waals surface area contributed by atoms with E-state index in [4.69, 9.17) is 27.9 Å². The zero-order valence-electron chi connectivity index (χ0n) is 9.82. The van der Waals surface area contributed by atoms with Crippen LogP contribution in [-0.4, -0.2) is 50.6 Å². The SMILES string of the molecule is CC1NC(=N[N+](=O)[O-])N(CC2(Cl)C=NC(Cl)S2)CO1. The van der Waals surface area contributed by atoms with Crippen molar-refractivity contribution in [3.8, 4) is 0 Å². The highest BCUT2D eigenvalue weighted by Crippen LogP contribution is 2.40. The van der Waals surface area contributed by atoms with Crippen molar-refractivity contribution in [3.63, 3.8) is 0 Å². The lowest BCUT2D eigenvalue weighted by Gasteiger charge is -2.35. The molecule has 3 unspecified atom stereocenters. The monoisotopic (exact) mass is 327 g/mol. The van der Waals surface area contributed by atoms with Gasteiger partial charge in [0.05, 0.1) is 6.54 Å². The Morgan fingerprint density at radius 1 is 1.89 bits per heavy atom. The van der Waals surface area contributed by atoms with Crippen molar-refractivity contribution in [3.05, 3.63) is 10.1 Å². The molecule has 0 bridgehead atoms. The second-order valence-corrected chi connectivity index (χ2v) is 6.90. The van der Waals surface area contributed by atoms with Crippen molar-refractivity contribution in [2.75, 3.05) is 13.3 Å². The lowest BCUT2D eigenvalue weighted by Crippen LogP contribution is -2.56. The van der Waals surface area contributed by atoms with Gasteiger partial charge in [-0.05, 0) is 6.92 Å². The minimum Gasteiger partial charge on any atom is -0.338 e. The highest BCUT2D eigenvalue weighted by Gasteiger charge is 2.38. The Morgan fingerprint density at radius 2 is 2.63 bits per heavy atom. The van der Waals surface area contributed by atoms with E-state index in [1.165, 1.54) is 22.9 Å². The van der Waals surface area contributed by atoms with E-state index in [0.29, 0.717) is 0 Å². The molecule has 106 valence electrons. The first-order valence-electron chi connectivity index (χ1n) is 5.29. The summed E-state index contributed by atoms with van der Waals surface area (Å²) in [4.78, 5) is 15.6. The molecule has 3 atom stereocenters. The zero-order chi connectivity index (χ0) is 14.0. The molecule has 0 aliphatic carbocycles. The van der Waals surface area contributed by atoms with Crippen molar-refractivity contribution >= 4 is 47.1 Å². The summed E-state index contributed by atoms with van der Waals surface area (Å²) < 4.78 is 4.50. The summed E-state index contributed by atoms with van der Waals surface area (Å²) in [6.45, 7) is 2.11. The topological polar surface area (TPSA) is 92.4 Å². The van der Waals surface area contributed by atoms with Gasteiger partial charge in [-0.15, -0.1) is 0 Å². The van der Waals surface area contributed by atoms with E-state index >= 15 is 0 Å². The third-order valence-electron chi connectivity index (χ3n) is 2.37. The van der Waals surface area contributed by atoms with Gasteiger partial charge in [0.1, 0.15) is 22.3 Å². The summed E-state index contributed by atoms with van der Waals surface area (Å²) >= 11 is 13.4. The molecule has 0 saturated carbocycles. The third-order valence-corrected chi connectivity index (χ3v) is 4.18. The van der Waals surface area contributed by atoms with Gasteiger partial charge in [-0.25, -0.2) is 10.1 Å². The first kappa shape index (κ1) is 14.6. The molecule has 0 amide bonds. The third kappa shape index (κ3) is 3.85.